The van der Waals surface area contributed by atoms with Crippen LogP contribution in [0, 0.1) is 0 Å². The molecule has 0 saturated carbocycles. The van der Waals surface area contributed by atoms with Gasteiger partial charge in [0.25, 0.3) is 0 Å². The first-order valence-electron chi connectivity index (χ1n) is 6.88. The van der Waals surface area contributed by atoms with E-state index in [1.54, 1.807) is 12.1 Å². The van der Waals surface area contributed by atoms with E-state index in [1.165, 1.54) is 20.0 Å². The third kappa shape index (κ3) is 2.18. The summed E-state index contributed by atoms with van der Waals surface area (Å²) in [6.07, 6.45) is 3.43. The molecule has 1 aliphatic heterocycles. The molecule has 2 heterocycles. The lowest BCUT2D eigenvalue weighted by Crippen LogP contribution is -2.29. The molecule has 0 amide bonds. The summed E-state index contributed by atoms with van der Waals surface area (Å²) in [5.74, 6) is 0.311. The number of hydrogen-bond donors (Lipinski definition) is 0. The standard InChI is InChI=1S/C15H18N2O3/c1-17-9-4-3-7-11(17)14-16-13-10(15(18)19-2)6-5-8-12(13)20-14/h5-6,8,11H,3-4,7,9H2,1-2H3. The molecule has 5 nitrogen and oxygen atoms in total. The molecule has 0 N–H and O–H groups in total. The Morgan fingerprint density at radius 2 is 2.30 bits per heavy atom. The molecule has 1 aromatic heterocycles. The largest absolute Gasteiger partial charge is 0.465 e. The number of aromatic nitrogens is 1. The quantitative estimate of drug-likeness (QED) is 0.788. The first kappa shape index (κ1) is 13.1. The first-order chi connectivity index (χ1) is 9.70. The fourth-order valence-electron chi connectivity index (χ4n) is 2.77. The van der Waals surface area contributed by atoms with Gasteiger partial charge in [0.15, 0.2) is 5.58 Å². The van der Waals surface area contributed by atoms with E-state index in [0.717, 1.165) is 13.0 Å². The Labute approximate surface area is 117 Å². The number of piperidine rings is 1. The van der Waals surface area contributed by atoms with E-state index in [-0.39, 0.29) is 12.0 Å². The summed E-state index contributed by atoms with van der Waals surface area (Å²) in [5, 5.41) is 0. The van der Waals surface area contributed by atoms with E-state index >= 15 is 0 Å². The molecular formula is C15H18N2O3. The average Bonchev–Trinajstić information content (AvgIpc) is 2.90. The number of likely N-dealkylation sites (tertiary alicyclic amines) is 1. The number of para-hydroxylation sites is 1. The highest BCUT2D eigenvalue weighted by atomic mass is 16.5. The minimum absolute atomic E-state index is 0.196. The molecule has 5 heteroatoms. The van der Waals surface area contributed by atoms with Crippen LogP contribution in [0.15, 0.2) is 22.6 Å². The number of benzene rings is 1. The van der Waals surface area contributed by atoms with Crippen LogP contribution in [0.5, 0.6) is 0 Å². The van der Waals surface area contributed by atoms with E-state index in [1.807, 2.05) is 6.07 Å². The summed E-state index contributed by atoms with van der Waals surface area (Å²) in [4.78, 5) is 18.6. The van der Waals surface area contributed by atoms with Crippen molar-refractivity contribution in [2.24, 2.45) is 0 Å². The Bertz CT molecular complexity index is 635. The summed E-state index contributed by atoms with van der Waals surface area (Å²) >= 11 is 0. The van der Waals surface area contributed by atoms with Crippen LogP contribution in [-0.4, -0.2) is 36.6 Å². The van der Waals surface area contributed by atoms with Crippen molar-refractivity contribution >= 4 is 17.1 Å². The van der Waals surface area contributed by atoms with Crippen molar-refractivity contribution in [3.63, 3.8) is 0 Å². The lowest BCUT2D eigenvalue weighted by Gasteiger charge is -2.29. The maximum atomic E-state index is 11.8. The van der Waals surface area contributed by atoms with Gasteiger partial charge in [-0.1, -0.05) is 12.5 Å². The molecule has 1 aromatic carbocycles. The molecule has 0 aliphatic carbocycles. The number of hydrogen-bond acceptors (Lipinski definition) is 5. The lowest BCUT2D eigenvalue weighted by molar-refractivity contribution is 0.0602. The number of ether oxygens (including phenoxy) is 1. The molecule has 1 atom stereocenters. The normalized spacial score (nSPS) is 20.2. The van der Waals surface area contributed by atoms with Gasteiger partial charge in [0, 0.05) is 0 Å². The number of carbonyl (C=O) groups excluding carboxylic acids is 1. The van der Waals surface area contributed by atoms with Gasteiger partial charge in [-0.25, -0.2) is 9.78 Å². The van der Waals surface area contributed by atoms with Crippen LogP contribution < -0.4 is 0 Å². The second-order valence-electron chi connectivity index (χ2n) is 5.19. The van der Waals surface area contributed by atoms with Gasteiger partial charge in [-0.15, -0.1) is 0 Å². The van der Waals surface area contributed by atoms with E-state index in [0.29, 0.717) is 22.6 Å². The van der Waals surface area contributed by atoms with Gasteiger partial charge in [0.05, 0.1) is 18.7 Å². The molecule has 3 rings (SSSR count). The molecule has 0 bridgehead atoms. The molecule has 0 radical (unpaired) electrons. The molecule has 2 aromatic rings. The average molecular weight is 274 g/mol. The van der Waals surface area contributed by atoms with Gasteiger partial charge < -0.3 is 9.15 Å². The van der Waals surface area contributed by atoms with Gasteiger partial charge in [-0.05, 0) is 38.6 Å². The van der Waals surface area contributed by atoms with Crippen molar-refractivity contribution in [1.82, 2.24) is 9.88 Å². The molecule has 1 aliphatic rings. The fourth-order valence-corrected chi connectivity index (χ4v) is 2.77. The van der Waals surface area contributed by atoms with Crippen LogP contribution in [0.4, 0.5) is 0 Å². The highest BCUT2D eigenvalue weighted by Crippen LogP contribution is 2.31. The van der Waals surface area contributed by atoms with Crippen LogP contribution in [0.25, 0.3) is 11.1 Å². The van der Waals surface area contributed by atoms with Crippen molar-refractivity contribution in [2.45, 2.75) is 25.3 Å². The summed E-state index contributed by atoms with van der Waals surface area (Å²) in [7, 11) is 3.46. The van der Waals surface area contributed by atoms with Crippen LogP contribution in [-0.2, 0) is 4.74 Å². The Balaban J connectivity index is 2.04. The van der Waals surface area contributed by atoms with Crippen LogP contribution in [0.1, 0.15) is 41.6 Å². The topological polar surface area (TPSA) is 55.6 Å². The number of methoxy groups -OCH3 is 1. The Morgan fingerprint density at radius 3 is 3.05 bits per heavy atom. The SMILES string of the molecule is COC(=O)c1cccc2oc(C3CCCCN3C)nc12. The molecule has 1 unspecified atom stereocenters. The van der Waals surface area contributed by atoms with Crippen molar-refractivity contribution < 1.29 is 13.9 Å². The number of oxazole rings is 1. The maximum absolute atomic E-state index is 11.8. The third-order valence-electron chi connectivity index (χ3n) is 3.90. The van der Waals surface area contributed by atoms with Crippen molar-refractivity contribution in [2.75, 3.05) is 20.7 Å². The predicted molar refractivity (Wildman–Crippen MR) is 74.6 cm³/mol. The van der Waals surface area contributed by atoms with Gasteiger partial charge in [-0.2, -0.15) is 0 Å². The van der Waals surface area contributed by atoms with E-state index < -0.39 is 0 Å². The Kier molecular flexibility index (Phi) is 3.44. The summed E-state index contributed by atoms with van der Waals surface area (Å²) in [6, 6.07) is 5.53. The second-order valence-corrected chi connectivity index (χ2v) is 5.19. The molecule has 106 valence electrons. The van der Waals surface area contributed by atoms with Gasteiger partial charge in [0.2, 0.25) is 5.89 Å². The van der Waals surface area contributed by atoms with Crippen molar-refractivity contribution in [1.29, 1.82) is 0 Å². The number of carbonyl (C=O) groups is 1. The molecule has 20 heavy (non-hydrogen) atoms. The summed E-state index contributed by atoms with van der Waals surface area (Å²) < 4.78 is 10.6. The zero-order chi connectivity index (χ0) is 14.1. The van der Waals surface area contributed by atoms with E-state index in [4.69, 9.17) is 9.15 Å². The summed E-state index contributed by atoms with van der Waals surface area (Å²) in [6.45, 7) is 1.05. The smallest absolute Gasteiger partial charge is 0.340 e. The van der Waals surface area contributed by atoms with Crippen LogP contribution in [0.3, 0.4) is 0 Å². The zero-order valence-electron chi connectivity index (χ0n) is 11.8. The number of esters is 1. The van der Waals surface area contributed by atoms with Crippen molar-refractivity contribution in [3.8, 4) is 0 Å². The molecule has 1 saturated heterocycles. The minimum atomic E-state index is -0.382. The fraction of sp³-hybridized carbons (Fsp3) is 0.467. The monoisotopic (exact) mass is 274 g/mol. The van der Waals surface area contributed by atoms with Crippen molar-refractivity contribution in [3.05, 3.63) is 29.7 Å². The van der Waals surface area contributed by atoms with Gasteiger partial charge >= 0.3 is 5.97 Å². The van der Waals surface area contributed by atoms with Gasteiger partial charge in [0.1, 0.15) is 5.52 Å². The van der Waals surface area contributed by atoms with Crippen LogP contribution in [0.2, 0.25) is 0 Å². The predicted octanol–water partition coefficient (Wildman–Crippen LogP) is 2.77. The van der Waals surface area contributed by atoms with Crippen LogP contribution >= 0.6 is 0 Å². The highest BCUT2D eigenvalue weighted by molar-refractivity contribution is 6.01. The number of fused-ring (bicyclic) bond motifs is 1. The van der Waals surface area contributed by atoms with Gasteiger partial charge in [-0.3, -0.25) is 4.90 Å². The van der Waals surface area contributed by atoms with E-state index in [2.05, 4.69) is 16.9 Å². The Hall–Kier alpha value is -1.88. The zero-order valence-corrected chi connectivity index (χ0v) is 11.8. The molecule has 0 spiro atoms. The minimum Gasteiger partial charge on any atom is -0.465 e. The number of rotatable bonds is 2. The molecular weight excluding hydrogens is 256 g/mol. The first-order valence-corrected chi connectivity index (χ1v) is 6.88. The van der Waals surface area contributed by atoms with E-state index in [9.17, 15) is 4.79 Å². The highest BCUT2D eigenvalue weighted by Gasteiger charge is 2.26. The third-order valence-corrected chi connectivity index (χ3v) is 3.90. The summed E-state index contributed by atoms with van der Waals surface area (Å²) in [5.41, 5.74) is 1.69. The Morgan fingerprint density at radius 1 is 1.45 bits per heavy atom. The maximum Gasteiger partial charge on any atom is 0.340 e. The number of nitrogens with zero attached hydrogens (tertiary/aromatic N) is 2. The lowest BCUT2D eigenvalue weighted by atomic mass is 10.0. The second kappa shape index (κ2) is 5.25. The molecule has 1 fully saturated rings.